The zero-order valence-corrected chi connectivity index (χ0v) is 28.0. The molecule has 4 aromatic carbocycles. The van der Waals surface area contributed by atoms with Crippen molar-refractivity contribution in [1.29, 1.82) is 0 Å². The SMILES string of the molecule is CC(C)=Cc1c(CS(C)(C)C2C(C)=Cc3c2cccc3N2CCc3ccccc32)cccc1N1c2ccccc2CCC1C. The third kappa shape index (κ3) is 5.00. The molecule has 2 heterocycles. The Bertz CT molecular complexity index is 1790. The molecular formula is C41H46N2S. The molecule has 4 aromatic rings. The Morgan fingerprint density at radius 1 is 0.795 bits per heavy atom. The van der Waals surface area contributed by atoms with Gasteiger partial charge in [0.2, 0.25) is 0 Å². The summed E-state index contributed by atoms with van der Waals surface area (Å²) in [5.41, 5.74) is 17.1. The second kappa shape index (κ2) is 11.3. The van der Waals surface area contributed by atoms with Crippen molar-refractivity contribution in [3.8, 4) is 0 Å². The van der Waals surface area contributed by atoms with Gasteiger partial charge in [0.05, 0.1) is 0 Å². The largest absolute Gasteiger partial charge is 0.340 e. The Morgan fingerprint density at radius 2 is 1.45 bits per heavy atom. The molecule has 0 radical (unpaired) electrons. The summed E-state index contributed by atoms with van der Waals surface area (Å²) in [4.78, 5) is 5.17. The van der Waals surface area contributed by atoms with Gasteiger partial charge in [-0.3, -0.25) is 0 Å². The predicted octanol–water partition coefficient (Wildman–Crippen LogP) is 11.0. The monoisotopic (exact) mass is 598 g/mol. The van der Waals surface area contributed by atoms with Crippen LogP contribution in [0.15, 0.2) is 96.1 Å². The fourth-order valence-corrected chi connectivity index (χ4v) is 11.3. The number of fused-ring (bicyclic) bond motifs is 3. The van der Waals surface area contributed by atoms with E-state index in [-0.39, 0.29) is 0 Å². The molecule has 226 valence electrons. The molecule has 0 aromatic heterocycles. The number of hydrogen-bond donors (Lipinski definition) is 0. The van der Waals surface area contributed by atoms with Gasteiger partial charge >= 0.3 is 0 Å². The third-order valence-corrected chi connectivity index (χ3v) is 12.9. The molecule has 44 heavy (non-hydrogen) atoms. The van der Waals surface area contributed by atoms with Gasteiger partial charge in [-0.25, -0.2) is 10.0 Å². The van der Waals surface area contributed by atoms with E-state index in [2.05, 4.69) is 147 Å². The Labute approximate surface area is 266 Å². The van der Waals surface area contributed by atoms with Gasteiger partial charge in [0.15, 0.2) is 0 Å². The maximum Gasteiger partial charge on any atom is 0.0490 e. The first-order valence-electron chi connectivity index (χ1n) is 16.2. The Morgan fingerprint density at radius 3 is 2.23 bits per heavy atom. The number of rotatable bonds is 6. The van der Waals surface area contributed by atoms with Crippen LogP contribution in [0.25, 0.3) is 12.2 Å². The van der Waals surface area contributed by atoms with Crippen LogP contribution in [-0.2, 0) is 18.6 Å². The molecule has 0 fully saturated rings. The fourth-order valence-electron chi connectivity index (χ4n) is 8.11. The average molecular weight is 599 g/mol. The summed E-state index contributed by atoms with van der Waals surface area (Å²) < 4.78 is 0. The minimum absolute atomic E-state index is 0.452. The number of anilines is 4. The number of nitrogens with zero attached hydrogens (tertiary/aromatic N) is 2. The maximum atomic E-state index is 2.62. The molecule has 2 unspecified atom stereocenters. The molecule has 3 heteroatoms. The lowest BCUT2D eigenvalue weighted by Crippen LogP contribution is -2.33. The van der Waals surface area contributed by atoms with Crippen molar-refractivity contribution in [2.24, 2.45) is 0 Å². The molecule has 2 nitrogen and oxygen atoms in total. The molecule has 0 saturated heterocycles. The van der Waals surface area contributed by atoms with Crippen molar-refractivity contribution < 1.29 is 0 Å². The van der Waals surface area contributed by atoms with Gasteiger partial charge in [-0.05, 0) is 106 Å². The number of para-hydroxylation sites is 2. The predicted molar refractivity (Wildman–Crippen MR) is 195 cm³/mol. The number of benzene rings is 4. The molecule has 0 bridgehead atoms. The van der Waals surface area contributed by atoms with Crippen molar-refractivity contribution in [1.82, 2.24) is 0 Å². The minimum Gasteiger partial charge on any atom is -0.340 e. The molecular weight excluding hydrogens is 553 g/mol. The summed E-state index contributed by atoms with van der Waals surface area (Å²) in [6, 6.07) is 32.5. The number of allylic oxidation sites excluding steroid dienone is 1. The highest BCUT2D eigenvalue weighted by atomic mass is 32.3. The molecule has 2 atom stereocenters. The zero-order valence-electron chi connectivity index (χ0n) is 27.2. The van der Waals surface area contributed by atoms with Crippen LogP contribution in [-0.4, -0.2) is 25.1 Å². The maximum absolute atomic E-state index is 2.62. The first-order chi connectivity index (χ1) is 21.2. The van der Waals surface area contributed by atoms with Crippen LogP contribution < -0.4 is 9.80 Å². The second-order valence-corrected chi connectivity index (χ2v) is 17.8. The molecule has 3 aliphatic rings. The van der Waals surface area contributed by atoms with Crippen LogP contribution in [0.5, 0.6) is 0 Å². The first kappa shape index (κ1) is 29.0. The van der Waals surface area contributed by atoms with E-state index >= 15 is 0 Å². The third-order valence-electron chi connectivity index (χ3n) is 9.92. The summed E-state index contributed by atoms with van der Waals surface area (Å²) in [6.07, 6.45) is 13.5. The molecule has 7 rings (SSSR count). The highest BCUT2D eigenvalue weighted by Crippen LogP contribution is 2.64. The first-order valence-corrected chi connectivity index (χ1v) is 18.9. The Kier molecular flexibility index (Phi) is 7.49. The number of aryl methyl sites for hydroxylation is 1. The van der Waals surface area contributed by atoms with Crippen molar-refractivity contribution in [3.05, 3.63) is 129 Å². The molecule has 2 aliphatic heterocycles. The van der Waals surface area contributed by atoms with Gasteiger partial charge in [-0.1, -0.05) is 84.0 Å². The van der Waals surface area contributed by atoms with Gasteiger partial charge in [-0.15, -0.1) is 0 Å². The van der Waals surface area contributed by atoms with E-state index in [1.54, 1.807) is 0 Å². The minimum atomic E-state index is -1.09. The fraction of sp³-hybridized carbons (Fsp3) is 0.317. The van der Waals surface area contributed by atoms with Gasteiger partial charge in [0.1, 0.15) is 0 Å². The van der Waals surface area contributed by atoms with Crippen molar-refractivity contribution in [2.45, 2.75) is 64.0 Å². The van der Waals surface area contributed by atoms with Crippen molar-refractivity contribution >= 4 is 44.9 Å². The second-order valence-electron chi connectivity index (χ2n) is 13.8. The summed E-state index contributed by atoms with van der Waals surface area (Å²) >= 11 is 0. The van der Waals surface area contributed by atoms with Crippen LogP contribution in [0.2, 0.25) is 0 Å². The Balaban J connectivity index is 1.27. The average Bonchev–Trinajstić information content (AvgIpc) is 3.58. The van der Waals surface area contributed by atoms with Crippen LogP contribution >= 0.6 is 10.0 Å². The summed E-state index contributed by atoms with van der Waals surface area (Å²) in [5, 5.41) is 0.452. The van der Waals surface area contributed by atoms with E-state index in [9.17, 15) is 0 Å². The lowest BCUT2D eigenvalue weighted by molar-refractivity contribution is 0.618. The summed E-state index contributed by atoms with van der Waals surface area (Å²) in [6.45, 7) is 10.3. The quantitative estimate of drug-likeness (QED) is 0.218. The van der Waals surface area contributed by atoms with E-state index in [4.69, 9.17) is 0 Å². The van der Waals surface area contributed by atoms with Crippen molar-refractivity contribution in [2.75, 3.05) is 28.9 Å². The van der Waals surface area contributed by atoms with E-state index in [1.807, 2.05) is 0 Å². The topological polar surface area (TPSA) is 6.48 Å². The molecule has 0 amide bonds. The van der Waals surface area contributed by atoms with E-state index in [1.165, 1.54) is 73.7 Å². The molecule has 0 spiro atoms. The van der Waals surface area contributed by atoms with Gasteiger partial charge in [0, 0.05) is 57.5 Å². The number of hydrogen-bond acceptors (Lipinski definition) is 2. The molecule has 1 aliphatic carbocycles. The molecule has 0 saturated carbocycles. The van der Waals surface area contributed by atoms with Gasteiger partial charge < -0.3 is 9.80 Å². The van der Waals surface area contributed by atoms with Crippen molar-refractivity contribution in [3.63, 3.8) is 0 Å². The lowest BCUT2D eigenvalue weighted by atomic mass is 9.94. The zero-order chi connectivity index (χ0) is 30.6. The van der Waals surface area contributed by atoms with Gasteiger partial charge in [-0.2, -0.15) is 0 Å². The Hall–Kier alpha value is -3.69. The summed E-state index contributed by atoms with van der Waals surface area (Å²) in [5.74, 6) is 1.09. The summed E-state index contributed by atoms with van der Waals surface area (Å²) in [7, 11) is -1.09. The van der Waals surface area contributed by atoms with Gasteiger partial charge in [0.25, 0.3) is 0 Å². The van der Waals surface area contributed by atoms with E-state index < -0.39 is 10.0 Å². The normalized spacial score (nSPS) is 19.3. The molecule has 0 N–H and O–H groups in total. The highest BCUT2D eigenvalue weighted by molar-refractivity contribution is 8.32. The van der Waals surface area contributed by atoms with Crippen LogP contribution in [0, 0.1) is 0 Å². The van der Waals surface area contributed by atoms with Crippen LogP contribution in [0.3, 0.4) is 0 Å². The van der Waals surface area contributed by atoms with E-state index in [0.717, 1.165) is 25.1 Å². The van der Waals surface area contributed by atoms with Crippen LogP contribution in [0.4, 0.5) is 22.7 Å². The highest BCUT2D eigenvalue weighted by Gasteiger charge is 2.36. The van der Waals surface area contributed by atoms with Crippen LogP contribution in [0.1, 0.15) is 72.7 Å². The smallest absolute Gasteiger partial charge is 0.0490 e. The standard InChI is InChI=1S/C41H46N2S/c1-28(2)25-35-33(15-11-20-40(35)43-30(4)21-22-31-13-8-10-18-38(31)43)27-44(5,6)41-29(3)26-36-34(41)16-12-19-39(36)42-24-23-32-14-7-9-17-37(32)42/h7-20,25-26,30,41H,21-24,27H2,1-6H3. The van der Waals surface area contributed by atoms with E-state index in [0.29, 0.717) is 11.3 Å². The lowest BCUT2D eigenvalue weighted by Gasteiger charge is -2.42.